The van der Waals surface area contributed by atoms with Crippen LogP contribution in [0.3, 0.4) is 0 Å². The van der Waals surface area contributed by atoms with Crippen LogP contribution in [0, 0.1) is 0 Å². The number of unbranched alkanes of at least 4 members (excludes halogenated alkanes) is 5. The molecule has 0 amide bonds. The molecule has 2 heteroatoms. The first kappa shape index (κ1) is 15.9. The van der Waals surface area contributed by atoms with E-state index in [0.29, 0.717) is 0 Å². The van der Waals surface area contributed by atoms with Crippen molar-refractivity contribution in [2.24, 2.45) is 0 Å². The molecule has 0 aliphatic carbocycles. The van der Waals surface area contributed by atoms with Crippen molar-refractivity contribution in [3.8, 4) is 0 Å². The normalized spacial score (nSPS) is 13.3. The Morgan fingerprint density at radius 2 is 1.44 bits per heavy atom. The van der Waals surface area contributed by atoms with E-state index in [0.717, 1.165) is 12.8 Å². The van der Waals surface area contributed by atoms with Crippen LogP contribution < -0.4 is 4.90 Å². The summed E-state index contributed by atoms with van der Waals surface area (Å²) in [6.45, 7) is 3.48. The minimum Gasteiger partial charge on any atom is -0.393 e. The highest BCUT2D eigenvalue weighted by atomic mass is 16.3. The summed E-state index contributed by atoms with van der Waals surface area (Å²) in [6.07, 6.45) is 10.8. The first-order valence-corrected chi connectivity index (χ1v) is 7.14. The Morgan fingerprint density at radius 1 is 0.875 bits per heavy atom. The lowest BCUT2D eigenvalue weighted by Crippen LogP contribution is -3.05. The van der Waals surface area contributed by atoms with Crippen LogP contribution >= 0.6 is 0 Å². The molecule has 0 bridgehead atoms. The van der Waals surface area contributed by atoms with Crippen LogP contribution in [0.1, 0.15) is 64.7 Å². The van der Waals surface area contributed by atoms with E-state index in [2.05, 4.69) is 21.0 Å². The van der Waals surface area contributed by atoms with Crippen molar-refractivity contribution < 1.29 is 10.0 Å². The molecular weight excluding hydrogens is 198 g/mol. The summed E-state index contributed by atoms with van der Waals surface area (Å²) in [4.78, 5) is 1.54. The van der Waals surface area contributed by atoms with E-state index >= 15 is 0 Å². The third-order valence-corrected chi connectivity index (χ3v) is 3.11. The van der Waals surface area contributed by atoms with Gasteiger partial charge in [-0.15, -0.1) is 0 Å². The van der Waals surface area contributed by atoms with E-state index in [1.54, 1.807) is 4.90 Å². The summed E-state index contributed by atoms with van der Waals surface area (Å²) in [5, 5.41) is 9.72. The Morgan fingerprint density at radius 3 is 2.00 bits per heavy atom. The smallest absolute Gasteiger partial charge is 0.0766 e. The van der Waals surface area contributed by atoms with Crippen LogP contribution in [0.15, 0.2) is 0 Å². The van der Waals surface area contributed by atoms with Crippen LogP contribution in [-0.2, 0) is 0 Å². The maximum Gasteiger partial charge on any atom is 0.0766 e. The fourth-order valence-corrected chi connectivity index (χ4v) is 1.99. The maximum absolute atomic E-state index is 9.72. The molecule has 0 saturated heterocycles. The third kappa shape index (κ3) is 12.0. The Hall–Kier alpha value is -0.0800. The molecule has 98 valence electrons. The molecule has 0 rings (SSSR count). The highest BCUT2D eigenvalue weighted by Crippen LogP contribution is 2.11. The summed E-state index contributed by atoms with van der Waals surface area (Å²) >= 11 is 0. The summed E-state index contributed by atoms with van der Waals surface area (Å²) < 4.78 is 0. The van der Waals surface area contributed by atoms with Crippen LogP contribution in [0.2, 0.25) is 0 Å². The number of quaternary nitrogens is 1. The Balaban J connectivity index is 3.12. The number of aliphatic hydroxyl groups excluding tert-OH is 1. The second-order valence-corrected chi connectivity index (χ2v) is 5.31. The summed E-state index contributed by atoms with van der Waals surface area (Å²) in [5.74, 6) is 0. The molecule has 1 atom stereocenters. The molecule has 0 aromatic heterocycles. The quantitative estimate of drug-likeness (QED) is 0.522. The van der Waals surface area contributed by atoms with Crippen LogP contribution in [0.4, 0.5) is 0 Å². The standard InChI is InChI=1S/C14H31NO/c1-4-5-8-11-14(16)12-9-6-7-10-13-15(2)3/h14,16H,4-13H2,1-3H3/p+1. The van der Waals surface area contributed by atoms with Crippen LogP contribution in [0.5, 0.6) is 0 Å². The predicted octanol–water partition coefficient (Wildman–Crippen LogP) is 2.02. The SMILES string of the molecule is CCCCCC(O)CCCCCC[NH+](C)C. The summed E-state index contributed by atoms with van der Waals surface area (Å²) in [5.41, 5.74) is 0. The number of rotatable bonds is 11. The molecule has 0 spiro atoms. The zero-order valence-electron chi connectivity index (χ0n) is 11.6. The topological polar surface area (TPSA) is 24.7 Å². The molecule has 0 aromatic carbocycles. The lowest BCUT2D eigenvalue weighted by molar-refractivity contribution is -0.858. The average Bonchev–Trinajstić information content (AvgIpc) is 2.23. The van der Waals surface area contributed by atoms with E-state index in [1.165, 1.54) is 51.5 Å². The van der Waals surface area contributed by atoms with Gasteiger partial charge in [0.05, 0.1) is 26.7 Å². The third-order valence-electron chi connectivity index (χ3n) is 3.11. The van der Waals surface area contributed by atoms with E-state index < -0.39 is 0 Å². The highest BCUT2D eigenvalue weighted by Gasteiger charge is 2.03. The largest absolute Gasteiger partial charge is 0.393 e. The van der Waals surface area contributed by atoms with Crippen molar-refractivity contribution in [2.75, 3.05) is 20.6 Å². The van der Waals surface area contributed by atoms with Crippen molar-refractivity contribution in [1.82, 2.24) is 0 Å². The first-order valence-electron chi connectivity index (χ1n) is 7.14. The monoisotopic (exact) mass is 230 g/mol. The van der Waals surface area contributed by atoms with Gasteiger partial charge < -0.3 is 10.0 Å². The van der Waals surface area contributed by atoms with Crippen molar-refractivity contribution in [3.63, 3.8) is 0 Å². The maximum atomic E-state index is 9.72. The van der Waals surface area contributed by atoms with E-state index in [-0.39, 0.29) is 6.10 Å². The second-order valence-electron chi connectivity index (χ2n) is 5.31. The lowest BCUT2D eigenvalue weighted by Gasteiger charge is -2.10. The van der Waals surface area contributed by atoms with Gasteiger partial charge in [-0.25, -0.2) is 0 Å². The minimum absolute atomic E-state index is 0.0361. The van der Waals surface area contributed by atoms with Crippen molar-refractivity contribution >= 4 is 0 Å². The molecule has 0 aromatic rings. The molecular formula is C14H32NO+. The van der Waals surface area contributed by atoms with Gasteiger partial charge in [0.1, 0.15) is 0 Å². The molecule has 0 heterocycles. The second kappa shape index (κ2) is 11.4. The molecule has 0 radical (unpaired) electrons. The van der Waals surface area contributed by atoms with Gasteiger partial charge in [-0.2, -0.15) is 0 Å². The molecule has 0 fully saturated rings. The number of aliphatic hydroxyl groups is 1. The van der Waals surface area contributed by atoms with Gasteiger partial charge in [0.25, 0.3) is 0 Å². The molecule has 16 heavy (non-hydrogen) atoms. The van der Waals surface area contributed by atoms with E-state index in [1.807, 2.05) is 0 Å². The van der Waals surface area contributed by atoms with Gasteiger partial charge in [-0.3, -0.25) is 0 Å². The fraction of sp³-hybridized carbons (Fsp3) is 1.00. The summed E-state index contributed by atoms with van der Waals surface area (Å²) in [7, 11) is 4.41. The van der Waals surface area contributed by atoms with Gasteiger partial charge in [0.15, 0.2) is 0 Å². The molecule has 2 nitrogen and oxygen atoms in total. The van der Waals surface area contributed by atoms with Crippen molar-refractivity contribution in [3.05, 3.63) is 0 Å². The van der Waals surface area contributed by atoms with E-state index in [9.17, 15) is 5.11 Å². The predicted molar refractivity (Wildman–Crippen MR) is 70.9 cm³/mol. The molecule has 1 unspecified atom stereocenters. The average molecular weight is 230 g/mol. The zero-order chi connectivity index (χ0) is 12.2. The van der Waals surface area contributed by atoms with Gasteiger partial charge in [-0.1, -0.05) is 39.0 Å². The van der Waals surface area contributed by atoms with Crippen LogP contribution in [0.25, 0.3) is 0 Å². The minimum atomic E-state index is -0.0361. The number of nitrogens with one attached hydrogen (secondary N) is 1. The Labute approximate surface area is 102 Å². The van der Waals surface area contributed by atoms with Crippen LogP contribution in [-0.4, -0.2) is 31.9 Å². The van der Waals surface area contributed by atoms with E-state index in [4.69, 9.17) is 0 Å². The lowest BCUT2D eigenvalue weighted by atomic mass is 10.0. The Kier molecular flexibility index (Phi) is 11.3. The number of hydrogen-bond donors (Lipinski definition) is 2. The van der Waals surface area contributed by atoms with Crippen molar-refractivity contribution in [1.29, 1.82) is 0 Å². The zero-order valence-corrected chi connectivity index (χ0v) is 11.6. The van der Waals surface area contributed by atoms with Crippen molar-refractivity contribution in [2.45, 2.75) is 70.8 Å². The fourth-order valence-electron chi connectivity index (χ4n) is 1.99. The summed E-state index contributed by atoms with van der Waals surface area (Å²) in [6, 6.07) is 0. The molecule has 0 aliphatic rings. The van der Waals surface area contributed by atoms with Gasteiger partial charge in [-0.05, 0) is 25.7 Å². The molecule has 0 aliphatic heterocycles. The molecule has 0 saturated carbocycles. The van der Waals surface area contributed by atoms with Gasteiger partial charge >= 0.3 is 0 Å². The molecule has 2 N–H and O–H groups in total. The van der Waals surface area contributed by atoms with Gasteiger partial charge in [0.2, 0.25) is 0 Å². The highest BCUT2D eigenvalue weighted by molar-refractivity contribution is 4.56. The Bertz CT molecular complexity index is 137. The first-order chi connectivity index (χ1) is 7.66. The van der Waals surface area contributed by atoms with Gasteiger partial charge in [0, 0.05) is 0 Å². The number of hydrogen-bond acceptors (Lipinski definition) is 1.